The van der Waals surface area contributed by atoms with Crippen LogP contribution < -0.4 is 0 Å². The first-order chi connectivity index (χ1) is 5.72. The fraction of sp³-hybridized carbons (Fsp3) is 0.900. The summed E-state index contributed by atoms with van der Waals surface area (Å²) in [5, 5.41) is 0. The molecule has 0 N–H and O–H groups in total. The first-order valence-electron chi connectivity index (χ1n) is 4.76. The molecule has 0 unspecified atom stereocenters. The van der Waals surface area contributed by atoms with Crippen LogP contribution in [0.3, 0.4) is 0 Å². The fourth-order valence-electron chi connectivity index (χ4n) is 2.27. The van der Waals surface area contributed by atoms with Crippen LogP contribution in [0.5, 0.6) is 0 Å². The van der Waals surface area contributed by atoms with E-state index in [1.54, 1.807) is 6.08 Å². The number of isocyanates is 1. The summed E-state index contributed by atoms with van der Waals surface area (Å²) in [5.74, 6) is 0.812. The van der Waals surface area contributed by atoms with Crippen molar-refractivity contribution in [2.24, 2.45) is 16.3 Å². The van der Waals surface area contributed by atoms with Crippen molar-refractivity contribution >= 4 is 6.08 Å². The van der Waals surface area contributed by atoms with Gasteiger partial charge in [-0.25, -0.2) is 9.79 Å². The minimum atomic E-state index is 0.330. The zero-order valence-electron chi connectivity index (χ0n) is 7.97. The van der Waals surface area contributed by atoms with Crippen LogP contribution in [0.4, 0.5) is 0 Å². The minimum absolute atomic E-state index is 0.330. The van der Waals surface area contributed by atoms with Crippen molar-refractivity contribution in [1.82, 2.24) is 0 Å². The molecule has 0 aromatic carbocycles. The van der Waals surface area contributed by atoms with E-state index in [0.29, 0.717) is 12.0 Å². The Morgan fingerprint density at radius 3 is 2.83 bits per heavy atom. The van der Waals surface area contributed by atoms with Crippen LogP contribution in [0.1, 0.15) is 39.5 Å². The molecular weight excluding hydrogens is 150 g/mol. The molecule has 0 saturated heterocycles. The van der Waals surface area contributed by atoms with E-state index in [9.17, 15) is 4.79 Å². The molecule has 2 heteroatoms. The third-order valence-corrected chi connectivity index (χ3v) is 3.18. The molecule has 0 amide bonds. The molecule has 2 nitrogen and oxygen atoms in total. The van der Waals surface area contributed by atoms with E-state index in [0.717, 1.165) is 12.3 Å². The molecule has 0 aliphatic heterocycles. The van der Waals surface area contributed by atoms with Crippen molar-refractivity contribution in [3.63, 3.8) is 0 Å². The van der Waals surface area contributed by atoms with E-state index < -0.39 is 0 Å². The molecule has 2 atom stereocenters. The zero-order valence-corrected chi connectivity index (χ0v) is 7.97. The van der Waals surface area contributed by atoms with Gasteiger partial charge in [0, 0.05) is 0 Å². The summed E-state index contributed by atoms with van der Waals surface area (Å²) < 4.78 is 0. The van der Waals surface area contributed by atoms with Crippen LogP contribution in [0.2, 0.25) is 0 Å². The Morgan fingerprint density at radius 1 is 1.67 bits per heavy atom. The van der Waals surface area contributed by atoms with Gasteiger partial charge in [0.1, 0.15) is 0 Å². The molecule has 0 heterocycles. The van der Waals surface area contributed by atoms with E-state index >= 15 is 0 Å². The highest BCUT2D eigenvalue weighted by molar-refractivity contribution is 5.33. The Labute approximate surface area is 74.1 Å². The van der Waals surface area contributed by atoms with Crippen LogP contribution in [0.15, 0.2) is 4.99 Å². The predicted molar refractivity (Wildman–Crippen MR) is 48.7 cm³/mol. The van der Waals surface area contributed by atoms with E-state index in [1.807, 2.05) is 0 Å². The van der Waals surface area contributed by atoms with Gasteiger partial charge in [0.05, 0.1) is 6.54 Å². The molecule has 12 heavy (non-hydrogen) atoms. The number of rotatable bonds is 3. The van der Waals surface area contributed by atoms with Gasteiger partial charge in [-0.05, 0) is 30.6 Å². The quantitative estimate of drug-likeness (QED) is 0.469. The average molecular weight is 167 g/mol. The summed E-state index contributed by atoms with van der Waals surface area (Å²) in [6, 6.07) is 0. The van der Waals surface area contributed by atoms with E-state index in [-0.39, 0.29) is 0 Å². The molecule has 0 radical (unpaired) electrons. The molecule has 0 aromatic rings. The van der Waals surface area contributed by atoms with Gasteiger partial charge >= 0.3 is 0 Å². The molecule has 1 rings (SSSR count). The molecule has 1 aliphatic rings. The molecule has 1 aliphatic carbocycles. The zero-order chi connectivity index (χ0) is 9.03. The molecule has 0 spiro atoms. The van der Waals surface area contributed by atoms with Crippen molar-refractivity contribution in [2.75, 3.05) is 6.54 Å². The lowest BCUT2D eigenvalue weighted by atomic mass is 9.83. The molecule has 1 saturated carbocycles. The van der Waals surface area contributed by atoms with Crippen LogP contribution in [0, 0.1) is 11.3 Å². The van der Waals surface area contributed by atoms with E-state index in [1.165, 1.54) is 19.3 Å². The average Bonchev–Trinajstić information content (AvgIpc) is 2.45. The maximum atomic E-state index is 10.0. The van der Waals surface area contributed by atoms with Crippen LogP contribution in [0.25, 0.3) is 0 Å². The highest BCUT2D eigenvalue weighted by atomic mass is 16.1. The lowest BCUT2D eigenvalue weighted by Gasteiger charge is -2.24. The minimum Gasteiger partial charge on any atom is -0.211 e. The summed E-state index contributed by atoms with van der Waals surface area (Å²) in [6.45, 7) is 5.16. The standard InChI is InChI=1S/C10H17NO/c1-3-10(7-11-8-12)5-4-9(2)6-10/h9H,3-7H2,1-2H3/t9-,10+/m1/s1. The van der Waals surface area contributed by atoms with Gasteiger partial charge in [-0.1, -0.05) is 20.3 Å². The monoisotopic (exact) mass is 167 g/mol. The summed E-state index contributed by atoms with van der Waals surface area (Å²) in [4.78, 5) is 13.7. The third-order valence-electron chi connectivity index (χ3n) is 3.18. The molecule has 0 aromatic heterocycles. The van der Waals surface area contributed by atoms with Crippen LogP contribution in [-0.4, -0.2) is 12.6 Å². The molecule has 1 fully saturated rings. The van der Waals surface area contributed by atoms with Gasteiger partial charge in [-0.15, -0.1) is 0 Å². The van der Waals surface area contributed by atoms with Crippen molar-refractivity contribution in [3.8, 4) is 0 Å². The van der Waals surface area contributed by atoms with Gasteiger partial charge in [-0.2, -0.15) is 0 Å². The summed E-state index contributed by atoms with van der Waals surface area (Å²) in [7, 11) is 0. The second-order valence-corrected chi connectivity index (χ2v) is 4.11. The Hall–Kier alpha value is -0.620. The Morgan fingerprint density at radius 2 is 2.42 bits per heavy atom. The number of hydrogen-bond donors (Lipinski definition) is 0. The lowest BCUT2D eigenvalue weighted by molar-refractivity contribution is 0.287. The third kappa shape index (κ3) is 1.95. The Kier molecular flexibility index (Phi) is 3.05. The highest BCUT2D eigenvalue weighted by Gasteiger charge is 2.35. The second-order valence-electron chi connectivity index (χ2n) is 4.11. The van der Waals surface area contributed by atoms with Gasteiger partial charge in [-0.3, -0.25) is 0 Å². The van der Waals surface area contributed by atoms with E-state index in [4.69, 9.17) is 0 Å². The Balaban J connectivity index is 2.57. The first-order valence-corrected chi connectivity index (χ1v) is 4.76. The maximum absolute atomic E-state index is 10.0. The number of hydrogen-bond acceptors (Lipinski definition) is 2. The van der Waals surface area contributed by atoms with Crippen molar-refractivity contribution in [2.45, 2.75) is 39.5 Å². The molecule has 0 bridgehead atoms. The molecule has 68 valence electrons. The Bertz CT molecular complexity index is 196. The summed E-state index contributed by atoms with van der Waals surface area (Å²) in [6.07, 6.45) is 6.54. The van der Waals surface area contributed by atoms with Crippen molar-refractivity contribution in [3.05, 3.63) is 0 Å². The SMILES string of the molecule is CC[C@]1(CN=C=O)CC[C@@H](C)C1. The summed E-state index contributed by atoms with van der Waals surface area (Å²) >= 11 is 0. The van der Waals surface area contributed by atoms with Gasteiger partial charge in [0.2, 0.25) is 6.08 Å². The van der Waals surface area contributed by atoms with Gasteiger partial charge < -0.3 is 0 Å². The smallest absolute Gasteiger partial charge is 0.211 e. The normalized spacial score (nSPS) is 34.7. The van der Waals surface area contributed by atoms with Crippen LogP contribution >= 0.6 is 0 Å². The maximum Gasteiger partial charge on any atom is 0.234 e. The highest BCUT2D eigenvalue weighted by Crippen LogP contribution is 2.44. The number of nitrogens with zero attached hydrogens (tertiary/aromatic N) is 1. The van der Waals surface area contributed by atoms with Crippen molar-refractivity contribution in [1.29, 1.82) is 0 Å². The predicted octanol–water partition coefficient (Wildman–Crippen LogP) is 2.54. The van der Waals surface area contributed by atoms with Crippen LogP contribution in [-0.2, 0) is 4.79 Å². The first kappa shape index (κ1) is 9.47. The van der Waals surface area contributed by atoms with E-state index in [2.05, 4.69) is 18.8 Å². The largest absolute Gasteiger partial charge is 0.234 e. The van der Waals surface area contributed by atoms with Gasteiger partial charge in [0.25, 0.3) is 0 Å². The van der Waals surface area contributed by atoms with Gasteiger partial charge in [0.15, 0.2) is 0 Å². The fourth-order valence-corrected chi connectivity index (χ4v) is 2.27. The lowest BCUT2D eigenvalue weighted by Crippen LogP contribution is -2.19. The second kappa shape index (κ2) is 3.86. The summed E-state index contributed by atoms with van der Waals surface area (Å²) in [5.41, 5.74) is 0.330. The van der Waals surface area contributed by atoms with Crippen molar-refractivity contribution < 1.29 is 4.79 Å². The number of aliphatic imine (C=N–C) groups is 1. The topological polar surface area (TPSA) is 29.4 Å². The number of carbonyl (C=O) groups excluding carboxylic acids is 1. The molecular formula is C10H17NO.